The number of nitrogens with zero attached hydrogens (tertiary/aromatic N) is 1. The molecule has 1 aromatic rings. The van der Waals surface area contributed by atoms with Gasteiger partial charge in [0.25, 0.3) is 0 Å². The highest BCUT2D eigenvalue weighted by Gasteiger charge is 2.26. The summed E-state index contributed by atoms with van der Waals surface area (Å²) in [6.07, 6.45) is 3.94. The molecule has 0 amide bonds. The van der Waals surface area contributed by atoms with Crippen molar-refractivity contribution >= 4 is 5.78 Å². The maximum Gasteiger partial charge on any atom is 0.162 e. The first-order valence-electron chi connectivity index (χ1n) is 7.12. The van der Waals surface area contributed by atoms with Crippen LogP contribution in [-0.2, 0) is 0 Å². The van der Waals surface area contributed by atoms with Crippen LogP contribution in [0.5, 0.6) is 0 Å². The van der Waals surface area contributed by atoms with E-state index in [1.165, 1.54) is 25.0 Å². The first kappa shape index (κ1) is 14.2. The molecule has 2 unspecified atom stereocenters. The smallest absolute Gasteiger partial charge is 0.162 e. The number of halogens is 1. The Morgan fingerprint density at radius 3 is 2.37 bits per heavy atom. The van der Waals surface area contributed by atoms with Gasteiger partial charge in [-0.15, -0.1) is 0 Å². The molecule has 2 rings (SSSR count). The fraction of sp³-hybridized carbons (Fsp3) is 0.562. The van der Waals surface area contributed by atoms with Gasteiger partial charge in [-0.05, 0) is 63.9 Å². The number of likely N-dealkylation sites (tertiary alicyclic amines) is 1. The minimum atomic E-state index is -0.295. The third-order valence-corrected chi connectivity index (χ3v) is 4.12. The lowest BCUT2D eigenvalue weighted by molar-refractivity contribution is 0.0970. The standard InChI is InChI=1S/C16H22FNO/c1-12-5-6-13(2)18(12)11-3-4-16(19)14-7-9-15(17)10-8-14/h7-10,12-13H,3-6,11H2,1-2H3. The molecular formula is C16H22FNO. The Morgan fingerprint density at radius 1 is 1.21 bits per heavy atom. The second kappa shape index (κ2) is 6.29. The van der Waals surface area contributed by atoms with E-state index in [1.54, 1.807) is 12.1 Å². The van der Waals surface area contributed by atoms with Crippen molar-refractivity contribution in [2.24, 2.45) is 0 Å². The largest absolute Gasteiger partial charge is 0.298 e. The highest BCUT2D eigenvalue weighted by Crippen LogP contribution is 2.23. The summed E-state index contributed by atoms with van der Waals surface area (Å²) in [4.78, 5) is 14.4. The van der Waals surface area contributed by atoms with Crippen LogP contribution < -0.4 is 0 Å². The molecule has 3 heteroatoms. The SMILES string of the molecule is CC1CCC(C)N1CCCC(=O)c1ccc(F)cc1. The number of hydrogen-bond donors (Lipinski definition) is 0. The summed E-state index contributed by atoms with van der Waals surface area (Å²) in [5.74, 6) is -0.184. The summed E-state index contributed by atoms with van der Waals surface area (Å²) < 4.78 is 12.8. The van der Waals surface area contributed by atoms with E-state index in [0.717, 1.165) is 13.0 Å². The second-order valence-corrected chi connectivity index (χ2v) is 5.55. The van der Waals surface area contributed by atoms with E-state index in [2.05, 4.69) is 18.7 Å². The lowest BCUT2D eigenvalue weighted by atomic mass is 10.1. The Hall–Kier alpha value is -1.22. The number of Topliss-reactive ketones (excluding diaryl/α,β-unsaturated/α-hetero) is 1. The summed E-state index contributed by atoms with van der Waals surface area (Å²) in [5.41, 5.74) is 0.615. The molecule has 0 aliphatic carbocycles. The van der Waals surface area contributed by atoms with Gasteiger partial charge in [-0.2, -0.15) is 0 Å². The molecule has 0 saturated carbocycles. The summed E-state index contributed by atoms with van der Waals surface area (Å²) >= 11 is 0. The summed E-state index contributed by atoms with van der Waals surface area (Å²) in [7, 11) is 0. The Bertz CT molecular complexity index is 419. The maximum absolute atomic E-state index is 12.8. The molecule has 0 aromatic heterocycles. The third kappa shape index (κ3) is 3.63. The van der Waals surface area contributed by atoms with Gasteiger partial charge in [0.15, 0.2) is 5.78 Å². The van der Waals surface area contributed by atoms with Crippen molar-refractivity contribution in [3.8, 4) is 0 Å². The molecule has 0 N–H and O–H groups in total. The Morgan fingerprint density at radius 2 is 1.79 bits per heavy atom. The molecule has 0 bridgehead atoms. The molecule has 0 spiro atoms. The van der Waals surface area contributed by atoms with Gasteiger partial charge in [-0.1, -0.05) is 0 Å². The molecular weight excluding hydrogens is 241 g/mol. The van der Waals surface area contributed by atoms with Crippen LogP contribution in [0.4, 0.5) is 4.39 Å². The molecule has 1 aromatic carbocycles. The van der Waals surface area contributed by atoms with Crippen molar-refractivity contribution in [2.45, 2.75) is 51.6 Å². The lowest BCUT2D eigenvalue weighted by Gasteiger charge is -2.25. The van der Waals surface area contributed by atoms with Crippen LogP contribution in [0, 0.1) is 5.82 Å². The zero-order valence-electron chi connectivity index (χ0n) is 11.7. The highest BCUT2D eigenvalue weighted by molar-refractivity contribution is 5.95. The number of carbonyl (C=O) groups excluding carboxylic acids is 1. The first-order chi connectivity index (χ1) is 9.08. The fourth-order valence-electron chi connectivity index (χ4n) is 2.89. The Balaban J connectivity index is 1.79. The van der Waals surface area contributed by atoms with Crippen LogP contribution in [0.1, 0.15) is 49.9 Å². The van der Waals surface area contributed by atoms with Crippen molar-refractivity contribution in [1.82, 2.24) is 4.90 Å². The van der Waals surface area contributed by atoms with E-state index >= 15 is 0 Å². The average Bonchev–Trinajstić information content (AvgIpc) is 2.71. The van der Waals surface area contributed by atoms with E-state index in [9.17, 15) is 9.18 Å². The lowest BCUT2D eigenvalue weighted by Crippen LogP contribution is -2.33. The molecule has 1 aliphatic rings. The van der Waals surface area contributed by atoms with Gasteiger partial charge in [-0.25, -0.2) is 4.39 Å². The Kier molecular flexibility index (Phi) is 4.70. The van der Waals surface area contributed by atoms with Gasteiger partial charge in [0.05, 0.1) is 0 Å². The van der Waals surface area contributed by atoms with Crippen LogP contribution in [0.15, 0.2) is 24.3 Å². The van der Waals surface area contributed by atoms with Crippen LogP contribution in [0.25, 0.3) is 0 Å². The summed E-state index contributed by atoms with van der Waals surface area (Å²) in [6, 6.07) is 7.10. The van der Waals surface area contributed by atoms with Gasteiger partial charge >= 0.3 is 0 Å². The van der Waals surface area contributed by atoms with E-state index in [1.807, 2.05) is 0 Å². The number of carbonyl (C=O) groups is 1. The minimum absolute atomic E-state index is 0.111. The van der Waals surface area contributed by atoms with Gasteiger partial charge < -0.3 is 0 Å². The summed E-state index contributed by atoms with van der Waals surface area (Å²) in [5, 5.41) is 0. The normalized spacial score (nSPS) is 23.7. The molecule has 1 saturated heterocycles. The van der Waals surface area contributed by atoms with Crippen molar-refractivity contribution in [2.75, 3.05) is 6.54 Å². The van der Waals surface area contributed by atoms with Gasteiger partial charge in [-0.3, -0.25) is 9.69 Å². The highest BCUT2D eigenvalue weighted by atomic mass is 19.1. The fourth-order valence-corrected chi connectivity index (χ4v) is 2.89. The summed E-state index contributed by atoms with van der Waals surface area (Å²) in [6.45, 7) is 5.49. The average molecular weight is 263 g/mol. The first-order valence-corrected chi connectivity index (χ1v) is 7.12. The number of hydrogen-bond acceptors (Lipinski definition) is 2. The van der Waals surface area contributed by atoms with Crippen LogP contribution in [-0.4, -0.2) is 29.3 Å². The monoisotopic (exact) mass is 263 g/mol. The number of benzene rings is 1. The molecule has 0 radical (unpaired) electrons. The topological polar surface area (TPSA) is 20.3 Å². The van der Waals surface area contributed by atoms with Gasteiger partial charge in [0.2, 0.25) is 0 Å². The molecule has 19 heavy (non-hydrogen) atoms. The number of ketones is 1. The van der Waals surface area contributed by atoms with Crippen LogP contribution in [0.3, 0.4) is 0 Å². The second-order valence-electron chi connectivity index (χ2n) is 5.55. The molecule has 2 atom stereocenters. The minimum Gasteiger partial charge on any atom is -0.298 e. The predicted molar refractivity (Wildman–Crippen MR) is 74.8 cm³/mol. The molecule has 1 heterocycles. The van der Waals surface area contributed by atoms with Gasteiger partial charge in [0, 0.05) is 24.1 Å². The predicted octanol–water partition coefficient (Wildman–Crippen LogP) is 3.66. The number of rotatable bonds is 5. The third-order valence-electron chi connectivity index (χ3n) is 4.12. The van der Waals surface area contributed by atoms with Crippen molar-refractivity contribution in [3.05, 3.63) is 35.6 Å². The zero-order valence-corrected chi connectivity index (χ0v) is 11.7. The van der Waals surface area contributed by atoms with E-state index in [4.69, 9.17) is 0 Å². The van der Waals surface area contributed by atoms with E-state index in [0.29, 0.717) is 24.1 Å². The van der Waals surface area contributed by atoms with Crippen molar-refractivity contribution in [3.63, 3.8) is 0 Å². The molecule has 1 fully saturated rings. The quantitative estimate of drug-likeness (QED) is 0.756. The van der Waals surface area contributed by atoms with Crippen LogP contribution >= 0.6 is 0 Å². The van der Waals surface area contributed by atoms with E-state index < -0.39 is 0 Å². The zero-order chi connectivity index (χ0) is 13.8. The van der Waals surface area contributed by atoms with Gasteiger partial charge in [0.1, 0.15) is 5.82 Å². The molecule has 2 nitrogen and oxygen atoms in total. The molecule has 1 aliphatic heterocycles. The van der Waals surface area contributed by atoms with Crippen molar-refractivity contribution < 1.29 is 9.18 Å². The molecule has 104 valence electrons. The van der Waals surface area contributed by atoms with Crippen molar-refractivity contribution in [1.29, 1.82) is 0 Å². The maximum atomic E-state index is 12.8. The Labute approximate surface area is 114 Å². The van der Waals surface area contributed by atoms with Crippen LogP contribution in [0.2, 0.25) is 0 Å². The van der Waals surface area contributed by atoms with E-state index in [-0.39, 0.29) is 11.6 Å².